The summed E-state index contributed by atoms with van der Waals surface area (Å²) >= 11 is 0. The second kappa shape index (κ2) is 7.48. The van der Waals surface area contributed by atoms with Crippen molar-refractivity contribution in [2.45, 2.75) is 53.2 Å². The molecule has 0 amide bonds. The first kappa shape index (κ1) is 15.1. The van der Waals surface area contributed by atoms with Gasteiger partial charge in [0.1, 0.15) is 12.2 Å². The predicted octanol–water partition coefficient (Wildman–Crippen LogP) is 1.43. The molecule has 0 aliphatic heterocycles. The zero-order valence-corrected chi connectivity index (χ0v) is 11.9. The van der Waals surface area contributed by atoms with Gasteiger partial charge < -0.3 is 10.4 Å². The molecule has 1 heterocycles. The van der Waals surface area contributed by atoms with Crippen LogP contribution < -0.4 is 5.32 Å². The van der Waals surface area contributed by atoms with Crippen molar-refractivity contribution in [3.63, 3.8) is 0 Å². The highest BCUT2D eigenvalue weighted by Gasteiger charge is 2.11. The number of hydrogen-bond acceptors (Lipinski definition) is 4. The van der Waals surface area contributed by atoms with Gasteiger partial charge in [0.05, 0.1) is 13.2 Å². The molecule has 0 aliphatic rings. The van der Waals surface area contributed by atoms with Crippen LogP contribution in [0.25, 0.3) is 0 Å². The summed E-state index contributed by atoms with van der Waals surface area (Å²) in [6, 6.07) is 0.134. The smallest absolute Gasteiger partial charge is 0.140 e. The third-order valence-corrected chi connectivity index (χ3v) is 2.76. The van der Waals surface area contributed by atoms with Gasteiger partial charge in [0.15, 0.2) is 0 Å². The van der Waals surface area contributed by atoms with Crippen LogP contribution in [-0.2, 0) is 13.1 Å². The normalized spacial score (nSPS) is 13.5. The minimum atomic E-state index is 0.134. The maximum Gasteiger partial charge on any atom is 0.140 e. The van der Waals surface area contributed by atoms with Crippen molar-refractivity contribution >= 4 is 0 Å². The van der Waals surface area contributed by atoms with Gasteiger partial charge in [-0.1, -0.05) is 27.7 Å². The van der Waals surface area contributed by atoms with Crippen molar-refractivity contribution in [3.05, 3.63) is 12.2 Å². The predicted molar refractivity (Wildman–Crippen MR) is 72.0 cm³/mol. The Morgan fingerprint density at radius 1 is 1.28 bits per heavy atom. The molecule has 1 rings (SSSR count). The molecule has 0 bridgehead atoms. The van der Waals surface area contributed by atoms with E-state index in [1.165, 1.54) is 0 Å². The maximum absolute atomic E-state index is 9.31. The number of aliphatic hydroxyl groups excluding tert-OH is 1. The van der Waals surface area contributed by atoms with Crippen molar-refractivity contribution in [2.24, 2.45) is 11.8 Å². The first-order valence-corrected chi connectivity index (χ1v) is 6.73. The first-order valence-electron chi connectivity index (χ1n) is 6.73. The number of nitrogens with one attached hydrogen (secondary N) is 1. The molecular formula is C13H26N4O. The zero-order chi connectivity index (χ0) is 13.5. The lowest BCUT2D eigenvalue weighted by atomic mass is 10.0. The second-order valence-corrected chi connectivity index (χ2v) is 5.64. The first-order chi connectivity index (χ1) is 8.52. The summed E-state index contributed by atoms with van der Waals surface area (Å²) in [5, 5.41) is 16.9. The third-order valence-electron chi connectivity index (χ3n) is 2.76. The fourth-order valence-corrected chi connectivity index (χ4v) is 1.95. The number of nitrogens with zero attached hydrogens (tertiary/aromatic N) is 3. The highest BCUT2D eigenvalue weighted by molar-refractivity contribution is 4.85. The van der Waals surface area contributed by atoms with Gasteiger partial charge in [-0.25, -0.2) is 9.67 Å². The van der Waals surface area contributed by atoms with E-state index in [0.29, 0.717) is 18.4 Å². The van der Waals surface area contributed by atoms with Gasteiger partial charge in [0.25, 0.3) is 0 Å². The number of aliphatic hydroxyl groups is 1. The Balaban J connectivity index is 2.49. The van der Waals surface area contributed by atoms with E-state index >= 15 is 0 Å². The van der Waals surface area contributed by atoms with Crippen LogP contribution in [0.2, 0.25) is 0 Å². The minimum absolute atomic E-state index is 0.134. The van der Waals surface area contributed by atoms with Crippen LogP contribution in [0.4, 0.5) is 0 Å². The van der Waals surface area contributed by atoms with Crippen molar-refractivity contribution in [2.75, 3.05) is 6.61 Å². The van der Waals surface area contributed by atoms with E-state index < -0.39 is 0 Å². The van der Waals surface area contributed by atoms with Gasteiger partial charge in [-0.3, -0.25) is 0 Å². The van der Waals surface area contributed by atoms with Crippen molar-refractivity contribution in [3.8, 4) is 0 Å². The van der Waals surface area contributed by atoms with Crippen LogP contribution in [0.5, 0.6) is 0 Å². The van der Waals surface area contributed by atoms with Crippen LogP contribution >= 0.6 is 0 Å². The molecule has 18 heavy (non-hydrogen) atoms. The number of rotatable bonds is 8. The van der Waals surface area contributed by atoms with Crippen LogP contribution in [0.3, 0.4) is 0 Å². The molecular weight excluding hydrogens is 228 g/mol. The highest BCUT2D eigenvalue weighted by atomic mass is 16.3. The standard InChI is InChI=1S/C13H26N4O/c1-10(2)5-12(8-18)14-6-13-15-9-16-17(13)7-11(3)4/h9-12,14,18H,5-8H2,1-4H3. The maximum atomic E-state index is 9.31. The molecule has 1 atom stereocenters. The fourth-order valence-electron chi connectivity index (χ4n) is 1.95. The van der Waals surface area contributed by atoms with Gasteiger partial charge in [-0.05, 0) is 18.3 Å². The van der Waals surface area contributed by atoms with E-state index in [-0.39, 0.29) is 12.6 Å². The Bertz CT molecular complexity index is 335. The molecule has 104 valence electrons. The van der Waals surface area contributed by atoms with Gasteiger partial charge >= 0.3 is 0 Å². The van der Waals surface area contributed by atoms with Gasteiger partial charge in [0, 0.05) is 12.6 Å². The molecule has 0 aromatic carbocycles. The molecule has 1 aromatic heterocycles. The molecule has 1 unspecified atom stereocenters. The van der Waals surface area contributed by atoms with Crippen LogP contribution in [-0.4, -0.2) is 32.5 Å². The van der Waals surface area contributed by atoms with Crippen molar-refractivity contribution in [1.82, 2.24) is 20.1 Å². The molecule has 0 saturated heterocycles. The lowest BCUT2D eigenvalue weighted by Crippen LogP contribution is -2.34. The Kier molecular flexibility index (Phi) is 6.29. The van der Waals surface area contributed by atoms with E-state index in [0.717, 1.165) is 18.8 Å². The van der Waals surface area contributed by atoms with E-state index in [1.807, 2.05) is 4.68 Å². The van der Waals surface area contributed by atoms with Crippen LogP contribution in [0.15, 0.2) is 6.33 Å². The van der Waals surface area contributed by atoms with Gasteiger partial charge in [-0.2, -0.15) is 5.10 Å². The Morgan fingerprint density at radius 3 is 2.56 bits per heavy atom. The summed E-state index contributed by atoms with van der Waals surface area (Å²) in [6.07, 6.45) is 2.56. The zero-order valence-electron chi connectivity index (χ0n) is 11.9. The van der Waals surface area contributed by atoms with Gasteiger partial charge in [-0.15, -0.1) is 0 Å². The lowest BCUT2D eigenvalue weighted by molar-refractivity contribution is 0.222. The van der Waals surface area contributed by atoms with E-state index in [2.05, 4.69) is 43.1 Å². The Hall–Kier alpha value is -0.940. The molecule has 1 aromatic rings. The SMILES string of the molecule is CC(C)CC(CO)NCc1ncnn1CC(C)C. The molecule has 5 heteroatoms. The quantitative estimate of drug-likeness (QED) is 0.736. The summed E-state index contributed by atoms with van der Waals surface area (Å²) in [6.45, 7) is 10.3. The lowest BCUT2D eigenvalue weighted by Gasteiger charge is -2.18. The number of hydrogen-bond donors (Lipinski definition) is 2. The summed E-state index contributed by atoms with van der Waals surface area (Å²) in [5.41, 5.74) is 0. The molecule has 0 radical (unpaired) electrons. The molecule has 0 spiro atoms. The molecule has 2 N–H and O–H groups in total. The largest absolute Gasteiger partial charge is 0.395 e. The van der Waals surface area contributed by atoms with Crippen LogP contribution in [0.1, 0.15) is 39.9 Å². The summed E-state index contributed by atoms with van der Waals surface area (Å²) in [7, 11) is 0. The minimum Gasteiger partial charge on any atom is -0.395 e. The molecule has 5 nitrogen and oxygen atoms in total. The molecule has 0 aliphatic carbocycles. The van der Waals surface area contributed by atoms with Crippen molar-refractivity contribution < 1.29 is 5.11 Å². The van der Waals surface area contributed by atoms with Gasteiger partial charge in [0.2, 0.25) is 0 Å². The fraction of sp³-hybridized carbons (Fsp3) is 0.846. The highest BCUT2D eigenvalue weighted by Crippen LogP contribution is 2.06. The Morgan fingerprint density at radius 2 is 2.00 bits per heavy atom. The summed E-state index contributed by atoms with van der Waals surface area (Å²) in [5.74, 6) is 2.06. The average molecular weight is 254 g/mol. The van der Waals surface area contributed by atoms with Crippen LogP contribution in [0, 0.1) is 11.8 Å². The van der Waals surface area contributed by atoms with Crippen molar-refractivity contribution in [1.29, 1.82) is 0 Å². The van der Waals surface area contributed by atoms with E-state index in [1.54, 1.807) is 6.33 Å². The number of aromatic nitrogens is 3. The molecule has 0 fully saturated rings. The second-order valence-electron chi connectivity index (χ2n) is 5.64. The third kappa shape index (κ3) is 5.14. The summed E-state index contributed by atoms with van der Waals surface area (Å²) in [4.78, 5) is 4.26. The van der Waals surface area contributed by atoms with E-state index in [9.17, 15) is 5.11 Å². The topological polar surface area (TPSA) is 63.0 Å². The summed E-state index contributed by atoms with van der Waals surface area (Å²) < 4.78 is 1.93. The monoisotopic (exact) mass is 254 g/mol. The van der Waals surface area contributed by atoms with E-state index in [4.69, 9.17) is 0 Å². The molecule has 0 saturated carbocycles. The average Bonchev–Trinajstić information content (AvgIpc) is 2.70. The Labute approximate surface area is 110 Å².